The van der Waals surface area contributed by atoms with Crippen LogP contribution in [0.3, 0.4) is 0 Å². The van der Waals surface area contributed by atoms with Crippen LogP contribution in [-0.4, -0.2) is 28.6 Å². The Kier molecular flexibility index (Phi) is 2.10. The summed E-state index contributed by atoms with van der Waals surface area (Å²) in [5, 5.41) is 8.42. The molecule has 0 spiro atoms. The monoisotopic (exact) mass is 282 g/mol. The van der Waals surface area contributed by atoms with Gasteiger partial charge >= 0.3 is 82.3 Å². The standard InChI is InChI=1S/C7H5N2.3CH3.Sn/c1-2-4-7-6(3-1)5-8-9-7;;;;/h1-2,4-5H,(H,8,9);3*1H3;. The van der Waals surface area contributed by atoms with Crippen LogP contribution in [0.1, 0.15) is 0 Å². The molecule has 0 atom stereocenters. The van der Waals surface area contributed by atoms with Crippen LogP contribution in [0.2, 0.25) is 14.8 Å². The fraction of sp³-hybridized carbons (Fsp3) is 0.300. The van der Waals surface area contributed by atoms with Crippen molar-refractivity contribution in [2.45, 2.75) is 14.8 Å². The molecule has 1 N–H and O–H groups in total. The maximum absolute atomic E-state index is 4.08. The second-order valence-electron chi connectivity index (χ2n) is 4.39. The zero-order valence-corrected chi connectivity index (χ0v) is 11.1. The van der Waals surface area contributed by atoms with Crippen LogP contribution in [-0.2, 0) is 0 Å². The van der Waals surface area contributed by atoms with Gasteiger partial charge in [0.05, 0.1) is 0 Å². The Balaban J connectivity index is 2.75. The Bertz CT molecular complexity index is 426. The minimum atomic E-state index is -1.94. The van der Waals surface area contributed by atoms with Crippen LogP contribution in [0.25, 0.3) is 10.9 Å². The number of aromatic nitrogens is 2. The number of rotatable bonds is 1. The first-order valence-electron chi connectivity index (χ1n) is 4.51. The van der Waals surface area contributed by atoms with Gasteiger partial charge in [-0.2, -0.15) is 0 Å². The molecule has 0 bridgehead atoms. The van der Waals surface area contributed by atoms with Gasteiger partial charge in [0.2, 0.25) is 0 Å². The third kappa shape index (κ3) is 1.59. The van der Waals surface area contributed by atoms with Crippen molar-refractivity contribution in [2.24, 2.45) is 0 Å². The molecule has 68 valence electrons. The number of H-pyrrole nitrogens is 1. The van der Waals surface area contributed by atoms with Crippen LogP contribution >= 0.6 is 0 Å². The maximum atomic E-state index is 4.08. The molecule has 0 aliphatic heterocycles. The number of nitrogens with zero attached hydrogens (tertiary/aromatic N) is 1. The average molecular weight is 281 g/mol. The summed E-state index contributed by atoms with van der Waals surface area (Å²) >= 11 is -1.94. The summed E-state index contributed by atoms with van der Waals surface area (Å²) in [6.07, 6.45) is 1.95. The van der Waals surface area contributed by atoms with E-state index in [0.717, 1.165) is 0 Å². The van der Waals surface area contributed by atoms with Gasteiger partial charge in [-0.15, -0.1) is 0 Å². The van der Waals surface area contributed by atoms with Gasteiger partial charge in [-0.25, -0.2) is 0 Å². The molecule has 0 saturated heterocycles. The minimum absolute atomic E-state index is 1.17. The van der Waals surface area contributed by atoms with Gasteiger partial charge in [0, 0.05) is 0 Å². The van der Waals surface area contributed by atoms with Crippen molar-refractivity contribution in [1.82, 2.24) is 10.2 Å². The third-order valence-electron chi connectivity index (χ3n) is 2.29. The van der Waals surface area contributed by atoms with Crippen molar-refractivity contribution in [3.05, 3.63) is 24.4 Å². The molecule has 0 aliphatic rings. The second kappa shape index (κ2) is 3.01. The normalized spacial score (nSPS) is 12.2. The van der Waals surface area contributed by atoms with E-state index in [-0.39, 0.29) is 0 Å². The Labute approximate surface area is 82.2 Å². The van der Waals surface area contributed by atoms with E-state index >= 15 is 0 Å². The van der Waals surface area contributed by atoms with Crippen molar-refractivity contribution in [1.29, 1.82) is 0 Å². The van der Waals surface area contributed by atoms with Crippen molar-refractivity contribution >= 4 is 32.9 Å². The Hall–Kier alpha value is -0.511. The average Bonchev–Trinajstić information content (AvgIpc) is 2.48. The van der Waals surface area contributed by atoms with Crippen LogP contribution < -0.4 is 3.58 Å². The van der Waals surface area contributed by atoms with E-state index < -0.39 is 18.4 Å². The van der Waals surface area contributed by atoms with Gasteiger partial charge in [0.1, 0.15) is 0 Å². The van der Waals surface area contributed by atoms with Crippen molar-refractivity contribution in [3.8, 4) is 0 Å². The van der Waals surface area contributed by atoms with Gasteiger partial charge < -0.3 is 0 Å². The second-order valence-corrected chi connectivity index (χ2v) is 18.8. The molecule has 2 nitrogen and oxygen atoms in total. The number of nitrogens with one attached hydrogen (secondary N) is 1. The zero-order chi connectivity index (χ0) is 9.47. The summed E-state index contributed by atoms with van der Waals surface area (Å²) in [6.45, 7) is 0. The van der Waals surface area contributed by atoms with Gasteiger partial charge in [0.15, 0.2) is 0 Å². The molecule has 13 heavy (non-hydrogen) atoms. The topological polar surface area (TPSA) is 28.7 Å². The van der Waals surface area contributed by atoms with Crippen molar-refractivity contribution in [3.63, 3.8) is 0 Å². The van der Waals surface area contributed by atoms with Gasteiger partial charge in [-0.3, -0.25) is 0 Å². The predicted molar refractivity (Wildman–Crippen MR) is 59.1 cm³/mol. The summed E-state index contributed by atoms with van der Waals surface area (Å²) < 4.78 is 1.56. The molecule has 0 saturated carbocycles. The summed E-state index contributed by atoms with van der Waals surface area (Å²) in [7, 11) is 0. The summed E-state index contributed by atoms with van der Waals surface area (Å²) in [6, 6.07) is 6.47. The van der Waals surface area contributed by atoms with Crippen LogP contribution in [0.15, 0.2) is 24.4 Å². The molecule has 0 unspecified atom stereocenters. The molecule has 1 aromatic heterocycles. The molecular formula is C10H14N2Sn. The molecule has 0 aliphatic carbocycles. The molecule has 2 aromatic rings. The molecule has 0 amide bonds. The third-order valence-corrected chi connectivity index (χ3v) is 8.15. The van der Waals surface area contributed by atoms with Gasteiger partial charge in [0.25, 0.3) is 0 Å². The quantitative estimate of drug-likeness (QED) is 0.797. The van der Waals surface area contributed by atoms with Crippen molar-refractivity contribution < 1.29 is 0 Å². The molecule has 1 heterocycles. The Morgan fingerprint density at radius 1 is 1.23 bits per heavy atom. The molecule has 3 heteroatoms. The molecule has 0 fully saturated rings. The van der Waals surface area contributed by atoms with Crippen molar-refractivity contribution in [2.75, 3.05) is 0 Å². The number of hydrogen-bond acceptors (Lipinski definition) is 1. The van der Waals surface area contributed by atoms with Crippen LogP contribution in [0.5, 0.6) is 0 Å². The Morgan fingerprint density at radius 2 is 2.00 bits per heavy atom. The van der Waals surface area contributed by atoms with Crippen LogP contribution in [0, 0.1) is 0 Å². The first kappa shape index (κ1) is 9.06. The van der Waals surface area contributed by atoms with E-state index in [0.29, 0.717) is 0 Å². The Morgan fingerprint density at radius 3 is 2.69 bits per heavy atom. The van der Waals surface area contributed by atoms with E-state index in [1.54, 1.807) is 3.58 Å². The first-order chi connectivity index (χ1) is 6.09. The molecule has 2 rings (SSSR count). The fourth-order valence-corrected chi connectivity index (χ4v) is 6.20. The number of aromatic amines is 1. The number of fused-ring (bicyclic) bond motifs is 1. The van der Waals surface area contributed by atoms with Gasteiger partial charge in [-0.1, -0.05) is 0 Å². The molecule has 1 aromatic carbocycles. The van der Waals surface area contributed by atoms with E-state index in [4.69, 9.17) is 0 Å². The van der Waals surface area contributed by atoms with E-state index in [1.807, 2.05) is 6.20 Å². The first-order valence-corrected chi connectivity index (χ1v) is 14.5. The summed E-state index contributed by atoms with van der Waals surface area (Å²) in [4.78, 5) is 7.28. The SMILES string of the molecule is [CH3][Sn]([CH3])([CH3])[c]1cccc2[nH]ncc12. The molecular weight excluding hydrogens is 267 g/mol. The van der Waals surface area contributed by atoms with E-state index in [9.17, 15) is 0 Å². The van der Waals surface area contributed by atoms with Gasteiger partial charge in [-0.05, 0) is 0 Å². The molecule has 0 radical (unpaired) electrons. The van der Waals surface area contributed by atoms with Crippen LogP contribution in [0.4, 0.5) is 0 Å². The number of benzene rings is 1. The zero-order valence-electron chi connectivity index (χ0n) is 8.26. The van der Waals surface area contributed by atoms with E-state index in [2.05, 4.69) is 43.2 Å². The van der Waals surface area contributed by atoms with E-state index in [1.165, 1.54) is 10.9 Å². The summed E-state index contributed by atoms with van der Waals surface area (Å²) in [5.74, 6) is 0. The fourth-order valence-electron chi connectivity index (χ4n) is 1.62. The summed E-state index contributed by atoms with van der Waals surface area (Å²) in [5.41, 5.74) is 1.17. The number of hydrogen-bond donors (Lipinski definition) is 1. The predicted octanol–water partition coefficient (Wildman–Crippen LogP) is 2.11.